The standard InChI is InChI=1S/C94H80BN3O2/c1-91(2,3)62-47-61(48-63(51-62)92(4,5)6)59-42-45-76-81(49-59)97(80-39-26-36-73-72-35-25-34-67(89(72)100-90(73)80)60-41-44-71-70-33-21-24-40-85(70)99-86(71)50-60)83-54-65(94(10,11)12)55-84-87(83)95(76)77-46-43-66(96-78-37-22-19-31-68(78)69-32-20-23-38-79(69)96)56-82(77)98(84)88-74(57-27-15-13-16-28-57)52-64(93(7,8)9)53-75(88)58-29-17-14-18-30-58/h13-56H,1-12H3/i19D,20D,22D,23D,31D,32D,37D,38D. The minimum absolute atomic E-state index is 0.0116. The molecule has 5 nitrogen and oxygen atoms in total. The normalized spacial score (nSPS) is 14.5. The first-order valence-electron chi connectivity index (χ1n) is 38.8. The molecule has 18 rings (SSSR count). The number of para-hydroxylation sites is 5. The average molecular weight is 1300 g/mol. The second-order valence-corrected chi connectivity index (χ2v) is 31.5. The average Bonchev–Trinajstić information content (AvgIpc) is 1.11. The number of hydrogen-bond acceptors (Lipinski definition) is 4. The Morgan fingerprint density at radius 3 is 1.46 bits per heavy atom. The number of rotatable bonds is 7. The zero-order valence-corrected chi connectivity index (χ0v) is 58.5. The van der Waals surface area contributed by atoms with E-state index < -0.39 is 48.4 Å². The summed E-state index contributed by atoms with van der Waals surface area (Å²) in [6, 6.07) is 75.1. The lowest BCUT2D eigenvalue weighted by molar-refractivity contribution is 0.569. The van der Waals surface area contributed by atoms with Crippen LogP contribution >= 0.6 is 0 Å². The second kappa shape index (κ2) is 22.2. The number of furan rings is 2. The Hall–Kier alpha value is -11.1. The Morgan fingerprint density at radius 2 is 0.830 bits per heavy atom. The maximum absolute atomic E-state index is 9.81. The van der Waals surface area contributed by atoms with E-state index in [1.165, 1.54) is 11.1 Å². The van der Waals surface area contributed by atoms with E-state index in [1.54, 1.807) is 4.57 Å². The smallest absolute Gasteiger partial charge is 0.252 e. The Morgan fingerprint density at radius 1 is 0.320 bits per heavy atom. The molecule has 13 aromatic carbocycles. The molecule has 6 heteroatoms. The fourth-order valence-electron chi connectivity index (χ4n) is 15.7. The van der Waals surface area contributed by atoms with E-state index in [0.29, 0.717) is 5.69 Å². The first-order chi connectivity index (χ1) is 51.4. The van der Waals surface area contributed by atoms with Gasteiger partial charge in [0.1, 0.15) is 16.7 Å². The lowest BCUT2D eigenvalue weighted by Gasteiger charge is -2.46. The number of benzene rings is 13. The number of nitrogens with zero attached hydrogens (tertiary/aromatic N) is 3. The molecule has 16 aromatic rings. The van der Waals surface area contributed by atoms with Crippen LogP contribution in [0.5, 0.6) is 0 Å². The number of hydrogen-bond donors (Lipinski definition) is 0. The Balaban J connectivity index is 0.997. The molecule has 5 heterocycles. The highest BCUT2D eigenvalue weighted by Crippen LogP contribution is 2.55. The predicted molar refractivity (Wildman–Crippen MR) is 426 cm³/mol. The van der Waals surface area contributed by atoms with Crippen molar-refractivity contribution in [3.8, 4) is 50.2 Å². The fourth-order valence-corrected chi connectivity index (χ4v) is 15.7. The summed E-state index contributed by atoms with van der Waals surface area (Å²) in [6.45, 7) is 26.8. The van der Waals surface area contributed by atoms with E-state index in [4.69, 9.17) is 11.6 Å². The van der Waals surface area contributed by atoms with Crippen LogP contribution in [0.15, 0.2) is 276 Å². The van der Waals surface area contributed by atoms with Gasteiger partial charge in [0.15, 0.2) is 5.58 Å². The van der Waals surface area contributed by atoms with E-state index >= 15 is 0 Å². The van der Waals surface area contributed by atoms with E-state index in [2.05, 4.69) is 275 Å². The maximum Gasteiger partial charge on any atom is 0.252 e. The van der Waals surface area contributed by atoms with Crippen molar-refractivity contribution in [3.63, 3.8) is 0 Å². The monoisotopic (exact) mass is 1300 g/mol. The zero-order chi connectivity index (χ0) is 75.4. The molecule has 0 saturated carbocycles. The molecule has 0 aliphatic carbocycles. The molecular weight excluding hydrogens is 1210 g/mol. The summed E-state index contributed by atoms with van der Waals surface area (Å²) in [5.74, 6) is 0. The van der Waals surface area contributed by atoms with Crippen LogP contribution in [0.4, 0.5) is 34.1 Å². The molecule has 486 valence electrons. The van der Waals surface area contributed by atoms with Crippen molar-refractivity contribution in [2.75, 3.05) is 9.80 Å². The summed E-state index contributed by atoms with van der Waals surface area (Å²) in [5.41, 5.74) is 23.4. The Bertz CT molecular complexity index is 6370. The number of aromatic nitrogens is 1. The van der Waals surface area contributed by atoms with Crippen LogP contribution in [-0.2, 0) is 21.7 Å². The highest BCUT2D eigenvalue weighted by atomic mass is 16.3. The molecule has 0 spiro atoms. The van der Waals surface area contributed by atoms with Gasteiger partial charge in [0, 0.05) is 77.4 Å². The van der Waals surface area contributed by atoms with Gasteiger partial charge >= 0.3 is 0 Å². The third-order valence-corrected chi connectivity index (χ3v) is 21.0. The topological polar surface area (TPSA) is 37.7 Å². The molecule has 2 aliphatic heterocycles. The van der Waals surface area contributed by atoms with Crippen LogP contribution < -0.4 is 26.2 Å². The molecule has 100 heavy (non-hydrogen) atoms. The van der Waals surface area contributed by atoms with Crippen molar-refractivity contribution in [1.29, 1.82) is 0 Å². The van der Waals surface area contributed by atoms with E-state index in [1.807, 2.05) is 36.4 Å². The molecule has 0 atom stereocenters. The van der Waals surface area contributed by atoms with E-state index in [9.17, 15) is 8.22 Å². The van der Waals surface area contributed by atoms with Gasteiger partial charge in [-0.15, -0.1) is 0 Å². The fraction of sp³-hybridized carbons (Fsp3) is 0.170. The number of fused-ring (bicyclic) bond motifs is 13. The van der Waals surface area contributed by atoms with Crippen LogP contribution in [0.25, 0.3) is 116 Å². The third kappa shape index (κ3) is 9.72. The lowest BCUT2D eigenvalue weighted by atomic mass is 9.33. The Labute approximate surface area is 597 Å². The van der Waals surface area contributed by atoms with Gasteiger partial charge in [-0.05, 0) is 167 Å². The van der Waals surface area contributed by atoms with Gasteiger partial charge < -0.3 is 23.2 Å². The molecule has 0 saturated heterocycles. The summed E-state index contributed by atoms with van der Waals surface area (Å²) in [5, 5.41) is 4.07. The highest BCUT2D eigenvalue weighted by Gasteiger charge is 2.46. The number of anilines is 6. The van der Waals surface area contributed by atoms with E-state index in [0.717, 1.165) is 150 Å². The first kappa shape index (κ1) is 53.0. The molecule has 0 unspecified atom stereocenters. The van der Waals surface area contributed by atoms with Crippen molar-refractivity contribution in [2.45, 2.75) is 105 Å². The molecule has 3 aromatic heterocycles. The van der Waals surface area contributed by atoms with Crippen molar-refractivity contribution in [3.05, 3.63) is 289 Å². The van der Waals surface area contributed by atoms with Gasteiger partial charge in [-0.3, -0.25) is 0 Å². The van der Waals surface area contributed by atoms with Gasteiger partial charge in [0.25, 0.3) is 6.71 Å². The molecule has 0 N–H and O–H groups in total. The maximum atomic E-state index is 9.81. The predicted octanol–water partition coefficient (Wildman–Crippen LogP) is 24.5. The van der Waals surface area contributed by atoms with Gasteiger partial charge in [0.2, 0.25) is 0 Å². The van der Waals surface area contributed by atoms with Crippen LogP contribution in [0.1, 0.15) is 116 Å². The van der Waals surface area contributed by atoms with Crippen molar-refractivity contribution in [1.82, 2.24) is 4.57 Å². The molecule has 0 radical (unpaired) electrons. The Kier molecular flexibility index (Phi) is 11.8. The summed E-state index contributed by atoms with van der Waals surface area (Å²) in [6.07, 6.45) is 0. The molecule has 0 amide bonds. The van der Waals surface area contributed by atoms with Gasteiger partial charge in [-0.2, -0.15) is 0 Å². The zero-order valence-electron chi connectivity index (χ0n) is 66.5. The van der Waals surface area contributed by atoms with Crippen LogP contribution in [-0.4, -0.2) is 11.3 Å². The summed E-state index contributed by atoms with van der Waals surface area (Å²) in [7, 11) is 0. The van der Waals surface area contributed by atoms with Crippen molar-refractivity contribution < 1.29 is 19.8 Å². The molecule has 0 fully saturated rings. The second-order valence-electron chi connectivity index (χ2n) is 31.5. The minimum Gasteiger partial charge on any atom is -0.456 e. The third-order valence-electron chi connectivity index (χ3n) is 21.0. The quantitative estimate of drug-likeness (QED) is 0.149. The van der Waals surface area contributed by atoms with Crippen LogP contribution in [0.3, 0.4) is 0 Å². The van der Waals surface area contributed by atoms with Gasteiger partial charge in [-0.1, -0.05) is 271 Å². The molecule has 0 bridgehead atoms. The molecule has 2 aliphatic rings. The summed E-state index contributed by atoms with van der Waals surface area (Å²) >= 11 is 0. The summed E-state index contributed by atoms with van der Waals surface area (Å²) in [4.78, 5) is 4.91. The highest BCUT2D eigenvalue weighted by molar-refractivity contribution is 7.00. The van der Waals surface area contributed by atoms with Crippen molar-refractivity contribution >= 4 is 123 Å². The lowest BCUT2D eigenvalue weighted by Crippen LogP contribution is -2.61. The van der Waals surface area contributed by atoms with Gasteiger partial charge in [0.05, 0.1) is 33.4 Å². The van der Waals surface area contributed by atoms with Crippen LogP contribution in [0, 0.1) is 0 Å². The SMILES string of the molecule is [2H]c1c([2H])c([2H])c2c(c1[2H])c1c([2H])c([2H])c([2H])c([2H])c1n2-c1ccc2c(c1)N(c1c(-c3ccccc3)cc(C(C)(C)C)cc1-c1ccccc1)c1cc(C(C)(C)C)cc3c1B2c1ccc(-c2cc(C(C)(C)C)cc(C(C)(C)C)c2)cc1N3c1cccc2c1oc1c(-c3ccc4c(c3)oc3ccccc34)cccc12. The molecular formula is C94H80BN3O2. The largest absolute Gasteiger partial charge is 0.456 e. The first-order valence-corrected chi connectivity index (χ1v) is 34.8. The van der Waals surface area contributed by atoms with E-state index in [-0.39, 0.29) is 50.1 Å². The van der Waals surface area contributed by atoms with Crippen LogP contribution in [0.2, 0.25) is 0 Å². The van der Waals surface area contributed by atoms with Gasteiger partial charge in [-0.25, -0.2) is 0 Å². The van der Waals surface area contributed by atoms with Crippen molar-refractivity contribution in [2.24, 2.45) is 0 Å². The minimum atomic E-state index is -0.499. The summed E-state index contributed by atoms with van der Waals surface area (Å²) < 4.78 is 91.1.